The Morgan fingerprint density at radius 2 is 1.94 bits per heavy atom. The van der Waals surface area contributed by atoms with Crippen molar-refractivity contribution >= 4 is 11.6 Å². The molecule has 0 saturated heterocycles. The van der Waals surface area contributed by atoms with Gasteiger partial charge in [0.2, 0.25) is 5.91 Å². The predicted molar refractivity (Wildman–Crippen MR) is 57.3 cm³/mol. The van der Waals surface area contributed by atoms with E-state index in [2.05, 4.69) is 5.32 Å². The number of anilines is 1. The normalized spacial score (nSPS) is 23.3. The monoisotopic (exact) mass is 243 g/mol. The summed E-state index contributed by atoms with van der Waals surface area (Å²) >= 11 is 0. The first-order chi connectivity index (χ1) is 7.89. The third-order valence-corrected chi connectivity index (χ3v) is 2.94. The molecule has 17 heavy (non-hydrogen) atoms. The summed E-state index contributed by atoms with van der Waals surface area (Å²) in [7, 11) is 0. The number of nitrogens with one attached hydrogen (secondary N) is 1. The molecular weight excluding hydrogens is 231 g/mol. The van der Waals surface area contributed by atoms with Crippen LogP contribution in [0.1, 0.15) is 18.9 Å². The molecule has 1 saturated carbocycles. The van der Waals surface area contributed by atoms with E-state index in [9.17, 15) is 18.0 Å². The van der Waals surface area contributed by atoms with Crippen molar-refractivity contribution in [1.82, 2.24) is 0 Å². The summed E-state index contributed by atoms with van der Waals surface area (Å²) in [5, 5.41) is 2.35. The quantitative estimate of drug-likeness (QED) is 0.848. The van der Waals surface area contributed by atoms with Gasteiger partial charge in [-0.15, -0.1) is 0 Å². The largest absolute Gasteiger partial charge is 0.418 e. The predicted octanol–water partition coefficient (Wildman–Crippen LogP) is 3.30. The zero-order chi connectivity index (χ0) is 12.6. The van der Waals surface area contributed by atoms with E-state index in [1.54, 1.807) is 0 Å². The van der Waals surface area contributed by atoms with Crippen molar-refractivity contribution < 1.29 is 18.0 Å². The second-order valence-electron chi connectivity index (χ2n) is 4.35. The van der Waals surface area contributed by atoms with Crippen LogP contribution in [-0.2, 0) is 11.0 Å². The van der Waals surface area contributed by atoms with Crippen LogP contribution in [0.2, 0.25) is 0 Å². The molecule has 1 N–H and O–H groups in total. The van der Waals surface area contributed by atoms with E-state index in [0.29, 0.717) is 0 Å². The molecule has 2 nitrogen and oxygen atoms in total. The molecule has 2 rings (SSSR count). The van der Waals surface area contributed by atoms with Crippen LogP contribution in [0.4, 0.5) is 18.9 Å². The zero-order valence-corrected chi connectivity index (χ0v) is 9.21. The number of carbonyl (C=O) groups excluding carboxylic acids is 1. The lowest BCUT2D eigenvalue weighted by Crippen LogP contribution is -2.18. The van der Waals surface area contributed by atoms with Crippen molar-refractivity contribution in [1.29, 1.82) is 0 Å². The van der Waals surface area contributed by atoms with E-state index in [1.165, 1.54) is 18.2 Å². The second kappa shape index (κ2) is 4.05. The summed E-state index contributed by atoms with van der Waals surface area (Å²) in [4.78, 5) is 11.6. The number of amides is 1. The fourth-order valence-corrected chi connectivity index (χ4v) is 1.75. The standard InChI is InChI=1S/C12H12F3NO/c1-7-6-8(7)11(17)16-10-5-3-2-4-9(10)12(13,14)15/h2-5,7-8H,6H2,1H3,(H,16,17)/t7-,8+/m1/s1. The fourth-order valence-electron chi connectivity index (χ4n) is 1.75. The maximum atomic E-state index is 12.6. The smallest absolute Gasteiger partial charge is 0.325 e. The molecule has 1 aliphatic rings. The number of rotatable bonds is 2. The molecule has 5 heteroatoms. The van der Waals surface area contributed by atoms with Gasteiger partial charge in [-0.3, -0.25) is 4.79 Å². The van der Waals surface area contributed by atoms with Gasteiger partial charge in [0.05, 0.1) is 11.3 Å². The van der Waals surface area contributed by atoms with E-state index < -0.39 is 11.7 Å². The van der Waals surface area contributed by atoms with Crippen LogP contribution in [0.5, 0.6) is 0 Å². The van der Waals surface area contributed by atoms with Crippen LogP contribution in [0.25, 0.3) is 0 Å². The second-order valence-corrected chi connectivity index (χ2v) is 4.35. The summed E-state index contributed by atoms with van der Waals surface area (Å²) in [6.45, 7) is 1.90. The molecular formula is C12H12F3NO. The average molecular weight is 243 g/mol. The molecule has 0 aromatic heterocycles. The van der Waals surface area contributed by atoms with Crippen molar-refractivity contribution in [2.24, 2.45) is 11.8 Å². The highest BCUT2D eigenvalue weighted by Crippen LogP contribution is 2.40. The van der Waals surface area contributed by atoms with Crippen LogP contribution >= 0.6 is 0 Å². The number of benzene rings is 1. The van der Waals surface area contributed by atoms with Gasteiger partial charge in [0, 0.05) is 5.92 Å². The van der Waals surface area contributed by atoms with E-state index in [4.69, 9.17) is 0 Å². The van der Waals surface area contributed by atoms with Crippen LogP contribution in [0, 0.1) is 11.8 Å². The third kappa shape index (κ3) is 2.60. The lowest BCUT2D eigenvalue weighted by atomic mass is 10.1. The minimum absolute atomic E-state index is 0.142. The Balaban J connectivity index is 2.18. The van der Waals surface area contributed by atoms with E-state index in [-0.39, 0.29) is 23.4 Å². The summed E-state index contributed by atoms with van der Waals surface area (Å²) in [5.74, 6) is -0.196. The van der Waals surface area contributed by atoms with Crippen LogP contribution in [0.3, 0.4) is 0 Å². The van der Waals surface area contributed by atoms with Gasteiger partial charge in [-0.1, -0.05) is 19.1 Å². The molecule has 0 heterocycles. The molecule has 0 spiro atoms. The van der Waals surface area contributed by atoms with Crippen LogP contribution in [0.15, 0.2) is 24.3 Å². The highest BCUT2D eigenvalue weighted by atomic mass is 19.4. The van der Waals surface area contributed by atoms with Gasteiger partial charge < -0.3 is 5.32 Å². The molecule has 0 unspecified atom stereocenters. The fraction of sp³-hybridized carbons (Fsp3) is 0.417. The molecule has 1 amide bonds. The Morgan fingerprint density at radius 1 is 1.35 bits per heavy atom. The highest BCUT2D eigenvalue weighted by molar-refractivity contribution is 5.95. The maximum Gasteiger partial charge on any atom is 0.418 e. The van der Waals surface area contributed by atoms with Gasteiger partial charge in [0.1, 0.15) is 0 Å². The van der Waals surface area contributed by atoms with Gasteiger partial charge in [-0.25, -0.2) is 0 Å². The molecule has 1 aromatic carbocycles. The third-order valence-electron chi connectivity index (χ3n) is 2.94. The van der Waals surface area contributed by atoms with Crippen molar-refractivity contribution in [2.75, 3.05) is 5.32 Å². The zero-order valence-electron chi connectivity index (χ0n) is 9.21. The summed E-state index contributed by atoms with van der Waals surface area (Å²) in [6, 6.07) is 5.01. The first-order valence-electron chi connectivity index (χ1n) is 5.36. The average Bonchev–Trinajstić information content (AvgIpc) is 2.95. The number of para-hydroxylation sites is 1. The lowest BCUT2D eigenvalue weighted by Gasteiger charge is -2.13. The maximum absolute atomic E-state index is 12.6. The Morgan fingerprint density at radius 3 is 2.47 bits per heavy atom. The SMILES string of the molecule is C[C@@H]1C[C@@H]1C(=O)Nc1ccccc1C(F)(F)F. The number of carbonyl (C=O) groups is 1. The van der Waals surface area contributed by atoms with Gasteiger partial charge >= 0.3 is 6.18 Å². The number of alkyl halides is 3. The van der Waals surface area contributed by atoms with Gasteiger partial charge in [0.15, 0.2) is 0 Å². The summed E-state index contributed by atoms with van der Waals surface area (Å²) in [5.41, 5.74) is -0.967. The number of hydrogen-bond donors (Lipinski definition) is 1. The highest BCUT2D eigenvalue weighted by Gasteiger charge is 2.40. The molecule has 1 aromatic rings. The van der Waals surface area contributed by atoms with E-state index in [1.807, 2.05) is 6.92 Å². The minimum Gasteiger partial charge on any atom is -0.325 e. The number of hydrogen-bond acceptors (Lipinski definition) is 1. The molecule has 2 atom stereocenters. The van der Waals surface area contributed by atoms with Gasteiger partial charge in [-0.2, -0.15) is 13.2 Å². The summed E-state index contributed by atoms with van der Waals surface area (Å²) < 4.78 is 37.9. The van der Waals surface area contributed by atoms with Crippen LogP contribution in [-0.4, -0.2) is 5.91 Å². The molecule has 92 valence electrons. The lowest BCUT2D eigenvalue weighted by molar-refractivity contribution is -0.137. The first kappa shape index (κ1) is 12.0. The minimum atomic E-state index is -4.45. The van der Waals surface area contributed by atoms with E-state index in [0.717, 1.165) is 12.5 Å². The molecule has 1 aliphatic carbocycles. The van der Waals surface area contributed by atoms with Crippen LogP contribution < -0.4 is 5.32 Å². The molecule has 1 fully saturated rings. The van der Waals surface area contributed by atoms with E-state index >= 15 is 0 Å². The molecule has 0 radical (unpaired) electrons. The molecule has 0 bridgehead atoms. The first-order valence-corrected chi connectivity index (χ1v) is 5.36. The van der Waals surface area contributed by atoms with Crippen molar-refractivity contribution in [3.8, 4) is 0 Å². The Hall–Kier alpha value is -1.52. The summed E-state index contributed by atoms with van der Waals surface area (Å²) in [6.07, 6.45) is -3.70. The van der Waals surface area contributed by atoms with Crippen molar-refractivity contribution in [3.63, 3.8) is 0 Å². The van der Waals surface area contributed by atoms with Gasteiger partial charge in [0.25, 0.3) is 0 Å². The Bertz CT molecular complexity index is 442. The van der Waals surface area contributed by atoms with Crippen molar-refractivity contribution in [3.05, 3.63) is 29.8 Å². The number of halogens is 3. The van der Waals surface area contributed by atoms with Crippen molar-refractivity contribution in [2.45, 2.75) is 19.5 Å². The Labute approximate surface area is 96.8 Å². The Kier molecular flexibility index (Phi) is 2.85. The van der Waals surface area contributed by atoms with Gasteiger partial charge in [-0.05, 0) is 24.5 Å². The molecule has 0 aliphatic heterocycles. The topological polar surface area (TPSA) is 29.1 Å².